The van der Waals surface area contributed by atoms with Crippen LogP contribution in [0.5, 0.6) is 0 Å². The van der Waals surface area contributed by atoms with E-state index in [2.05, 4.69) is 19.2 Å². The van der Waals surface area contributed by atoms with Crippen molar-refractivity contribution < 1.29 is 39.8 Å². The zero-order valence-electron chi connectivity index (χ0n) is 59.3. The summed E-state index contributed by atoms with van der Waals surface area (Å²) < 4.78 is 11.4. The van der Waals surface area contributed by atoms with Crippen LogP contribution in [0.1, 0.15) is 444 Å². The minimum Gasteiger partial charge on any atom is -0.394 e. The number of amides is 1. The van der Waals surface area contributed by atoms with Gasteiger partial charge >= 0.3 is 0 Å². The van der Waals surface area contributed by atoms with Crippen molar-refractivity contribution in [3.63, 3.8) is 0 Å². The summed E-state index contributed by atoms with van der Waals surface area (Å²) in [5, 5.41) is 55.1. The van der Waals surface area contributed by atoms with Crippen molar-refractivity contribution in [3.05, 3.63) is 0 Å². The Labute approximate surface area is 548 Å². The molecule has 0 saturated carbocycles. The fraction of sp³-hybridized carbons (Fsp3) is 0.987. The zero-order chi connectivity index (χ0) is 63.5. The molecule has 0 aromatic carbocycles. The summed E-state index contributed by atoms with van der Waals surface area (Å²) in [4.78, 5) is 13.2. The number of carbonyl (C=O) groups excluding carboxylic acids is 1. The number of unbranched alkanes of at least 4 members (excludes halogenated alkanes) is 63. The molecule has 6 N–H and O–H groups in total. The fourth-order valence-corrected chi connectivity index (χ4v) is 13.7. The summed E-state index contributed by atoms with van der Waals surface area (Å²) in [5.41, 5.74) is 0. The molecule has 0 radical (unpaired) electrons. The van der Waals surface area contributed by atoms with Crippen molar-refractivity contribution in [2.75, 3.05) is 13.2 Å². The van der Waals surface area contributed by atoms with Gasteiger partial charge in [0.2, 0.25) is 5.91 Å². The molecule has 9 nitrogen and oxygen atoms in total. The average Bonchev–Trinajstić information content (AvgIpc) is 3.70. The first-order valence-electron chi connectivity index (χ1n) is 40.2. The number of aliphatic hydroxyl groups is 5. The predicted molar refractivity (Wildman–Crippen MR) is 378 cm³/mol. The van der Waals surface area contributed by atoms with Gasteiger partial charge in [-0.2, -0.15) is 0 Å². The number of aliphatic hydroxyl groups excluding tert-OH is 5. The molecule has 1 rings (SSSR count). The molecule has 0 bridgehead atoms. The number of rotatable bonds is 73. The van der Waals surface area contributed by atoms with Gasteiger partial charge in [-0.05, 0) is 12.8 Å². The molecular formula is C79H157NO8. The molecule has 1 heterocycles. The van der Waals surface area contributed by atoms with Gasteiger partial charge in [-0.25, -0.2) is 0 Å². The highest BCUT2D eigenvalue weighted by Crippen LogP contribution is 2.25. The van der Waals surface area contributed by atoms with Crippen LogP contribution in [0.2, 0.25) is 0 Å². The number of ether oxygens (including phenoxy) is 2. The molecule has 0 aliphatic carbocycles. The summed E-state index contributed by atoms with van der Waals surface area (Å²) in [7, 11) is 0. The van der Waals surface area contributed by atoms with Crippen LogP contribution in [0.3, 0.4) is 0 Å². The Bertz CT molecular complexity index is 1350. The molecule has 526 valence electrons. The van der Waals surface area contributed by atoms with Gasteiger partial charge in [-0.1, -0.05) is 425 Å². The highest BCUT2D eigenvalue weighted by molar-refractivity contribution is 5.76. The fourth-order valence-electron chi connectivity index (χ4n) is 13.7. The van der Waals surface area contributed by atoms with E-state index in [0.29, 0.717) is 12.8 Å². The van der Waals surface area contributed by atoms with E-state index < -0.39 is 49.5 Å². The van der Waals surface area contributed by atoms with Gasteiger partial charge in [0.1, 0.15) is 24.4 Å². The van der Waals surface area contributed by atoms with Crippen LogP contribution in [-0.4, -0.2) is 87.5 Å². The minimum atomic E-state index is -1.55. The number of hydrogen-bond acceptors (Lipinski definition) is 8. The molecule has 1 saturated heterocycles. The van der Waals surface area contributed by atoms with E-state index in [9.17, 15) is 30.3 Å². The van der Waals surface area contributed by atoms with Crippen molar-refractivity contribution in [2.45, 2.75) is 487 Å². The van der Waals surface area contributed by atoms with Crippen LogP contribution in [-0.2, 0) is 14.3 Å². The first-order valence-corrected chi connectivity index (χ1v) is 40.2. The molecule has 9 heteroatoms. The molecule has 7 atom stereocenters. The lowest BCUT2D eigenvalue weighted by atomic mass is 9.99. The molecule has 88 heavy (non-hydrogen) atoms. The topological polar surface area (TPSA) is 149 Å². The van der Waals surface area contributed by atoms with E-state index in [0.717, 1.165) is 38.5 Å². The average molecular weight is 1250 g/mol. The van der Waals surface area contributed by atoms with Gasteiger partial charge in [0.25, 0.3) is 0 Å². The molecule has 0 aromatic heterocycles. The highest BCUT2D eigenvalue weighted by atomic mass is 16.7. The Hall–Kier alpha value is -0.810. The van der Waals surface area contributed by atoms with Gasteiger partial charge in [0, 0.05) is 6.42 Å². The third-order valence-electron chi connectivity index (χ3n) is 20.0. The van der Waals surface area contributed by atoms with E-state index >= 15 is 0 Å². The lowest BCUT2D eigenvalue weighted by Crippen LogP contribution is -2.60. The smallest absolute Gasteiger partial charge is 0.220 e. The second kappa shape index (κ2) is 69.0. The van der Waals surface area contributed by atoms with E-state index in [1.165, 1.54) is 379 Å². The Morgan fingerprint density at radius 1 is 0.341 bits per heavy atom. The number of nitrogens with one attached hydrogen (secondary N) is 1. The maximum absolute atomic E-state index is 13.2. The molecule has 7 unspecified atom stereocenters. The van der Waals surface area contributed by atoms with Crippen LogP contribution < -0.4 is 5.32 Å². The Kier molecular flexibility index (Phi) is 66.8. The standard InChI is InChI=1S/C79H157NO8/c1-3-5-7-9-11-13-15-17-19-21-23-25-27-29-31-33-35-37-38-40-42-44-46-48-50-52-54-56-58-60-62-64-66-68-73(82)72(71-87-79-78(86)77(85)76(84)74(70-81)88-79)80-75(83)69-67-65-63-61-59-57-55-53-51-49-47-45-43-41-39-36-34-32-30-28-26-24-22-20-18-16-14-12-10-8-6-4-2/h72-74,76-79,81-82,84-86H,3-71H2,1-2H3,(H,80,83). The first-order chi connectivity index (χ1) is 43.3. The van der Waals surface area contributed by atoms with Crippen molar-refractivity contribution in [1.82, 2.24) is 5.32 Å². The van der Waals surface area contributed by atoms with Crippen molar-refractivity contribution >= 4 is 5.91 Å². The lowest BCUT2D eigenvalue weighted by molar-refractivity contribution is -0.302. The molecule has 1 aliphatic heterocycles. The Morgan fingerprint density at radius 3 is 0.807 bits per heavy atom. The van der Waals surface area contributed by atoms with E-state index in [4.69, 9.17) is 9.47 Å². The quantitative estimate of drug-likeness (QED) is 0.0330. The van der Waals surface area contributed by atoms with Crippen molar-refractivity contribution in [3.8, 4) is 0 Å². The van der Waals surface area contributed by atoms with Crippen molar-refractivity contribution in [2.24, 2.45) is 0 Å². The highest BCUT2D eigenvalue weighted by Gasteiger charge is 2.44. The molecule has 1 aliphatic rings. The zero-order valence-corrected chi connectivity index (χ0v) is 59.3. The van der Waals surface area contributed by atoms with Gasteiger partial charge in [-0.3, -0.25) is 4.79 Å². The molecular weight excluding hydrogens is 1090 g/mol. The monoisotopic (exact) mass is 1250 g/mol. The number of carbonyl (C=O) groups is 1. The van der Waals surface area contributed by atoms with Crippen LogP contribution in [0.15, 0.2) is 0 Å². The third-order valence-corrected chi connectivity index (χ3v) is 20.0. The van der Waals surface area contributed by atoms with E-state index in [1.807, 2.05) is 0 Å². The van der Waals surface area contributed by atoms with Gasteiger partial charge in [0.15, 0.2) is 6.29 Å². The second-order valence-corrected chi connectivity index (χ2v) is 28.6. The summed E-state index contributed by atoms with van der Waals surface area (Å²) in [5.74, 6) is -0.131. The normalized spacial score (nSPS) is 17.7. The van der Waals surface area contributed by atoms with Crippen LogP contribution >= 0.6 is 0 Å². The summed E-state index contributed by atoms with van der Waals surface area (Å²) >= 11 is 0. The SMILES string of the molecule is CCCCCCCCCCCCCCCCCCCCCCCCCCCCCCCCCCCC(O)C(COC1OC(CO)C(O)C(O)C1O)NC(=O)CCCCCCCCCCCCCCCCCCCCCCCCCCCCCCCCCC. The van der Waals surface area contributed by atoms with Gasteiger partial charge in [0.05, 0.1) is 25.4 Å². The van der Waals surface area contributed by atoms with E-state index in [1.54, 1.807) is 0 Å². The van der Waals surface area contributed by atoms with Crippen LogP contribution in [0, 0.1) is 0 Å². The summed E-state index contributed by atoms with van der Waals surface area (Å²) in [6.45, 7) is 3.92. The third kappa shape index (κ3) is 56.7. The van der Waals surface area contributed by atoms with Gasteiger partial charge in [-0.15, -0.1) is 0 Å². The Morgan fingerprint density at radius 2 is 0.568 bits per heavy atom. The maximum atomic E-state index is 13.2. The van der Waals surface area contributed by atoms with Gasteiger partial charge < -0.3 is 40.3 Å². The Balaban J connectivity index is 2.04. The molecule has 1 fully saturated rings. The molecule has 0 aromatic rings. The van der Waals surface area contributed by atoms with Crippen LogP contribution in [0.4, 0.5) is 0 Å². The summed E-state index contributed by atoms with van der Waals surface area (Å²) in [6, 6.07) is -0.716. The van der Waals surface area contributed by atoms with Crippen molar-refractivity contribution in [1.29, 1.82) is 0 Å². The second-order valence-electron chi connectivity index (χ2n) is 28.6. The predicted octanol–water partition coefficient (Wildman–Crippen LogP) is 22.8. The van der Waals surface area contributed by atoms with Crippen LogP contribution in [0.25, 0.3) is 0 Å². The maximum Gasteiger partial charge on any atom is 0.220 e. The molecule has 0 spiro atoms. The number of hydrogen-bond donors (Lipinski definition) is 6. The summed E-state index contributed by atoms with van der Waals surface area (Å²) in [6.07, 6.45) is 82.2. The molecule has 1 amide bonds. The van der Waals surface area contributed by atoms with E-state index in [-0.39, 0.29) is 12.5 Å². The lowest BCUT2D eigenvalue weighted by Gasteiger charge is -2.40. The first kappa shape index (κ1) is 85.2. The largest absolute Gasteiger partial charge is 0.394 e. The minimum absolute atomic E-state index is 0.130.